The van der Waals surface area contributed by atoms with Gasteiger partial charge in [-0.05, 0) is 31.0 Å². The highest BCUT2D eigenvalue weighted by molar-refractivity contribution is 5.94. The number of pyridine rings is 1. The third kappa shape index (κ3) is 3.86. The van der Waals surface area contributed by atoms with Gasteiger partial charge in [0.25, 0.3) is 0 Å². The third-order valence-corrected chi connectivity index (χ3v) is 4.40. The predicted octanol–water partition coefficient (Wildman–Crippen LogP) is 3.84. The van der Waals surface area contributed by atoms with Gasteiger partial charge in [0, 0.05) is 29.4 Å². The highest BCUT2D eigenvalue weighted by Gasteiger charge is 2.35. The maximum atomic E-state index is 12.6. The summed E-state index contributed by atoms with van der Waals surface area (Å²) in [6.45, 7) is 0. The highest BCUT2D eigenvalue weighted by Crippen LogP contribution is 2.42. The summed E-state index contributed by atoms with van der Waals surface area (Å²) in [7, 11) is 0. The van der Waals surface area contributed by atoms with E-state index in [9.17, 15) is 27.9 Å². The number of alkyl halides is 3. The number of halogens is 3. The summed E-state index contributed by atoms with van der Waals surface area (Å²) in [6, 6.07) is 7.80. The van der Waals surface area contributed by atoms with Gasteiger partial charge in [-0.15, -0.1) is 13.2 Å². The van der Waals surface area contributed by atoms with E-state index in [2.05, 4.69) is 14.7 Å². The van der Waals surface area contributed by atoms with Crippen LogP contribution in [0.1, 0.15) is 29.4 Å². The average Bonchev–Trinajstić information content (AvgIpc) is 3.39. The lowest BCUT2D eigenvalue weighted by atomic mass is 10.1. The lowest BCUT2D eigenvalue weighted by Gasteiger charge is -2.12. The van der Waals surface area contributed by atoms with Crippen LogP contribution in [0.15, 0.2) is 47.4 Å². The van der Waals surface area contributed by atoms with Gasteiger partial charge >= 0.3 is 12.3 Å². The first-order valence-electron chi connectivity index (χ1n) is 8.64. The molecule has 1 fully saturated rings. The number of nitrogens with zero attached hydrogens (tertiary/aromatic N) is 2. The molecule has 2 heterocycles. The van der Waals surface area contributed by atoms with Crippen LogP contribution in [-0.2, 0) is 0 Å². The molecule has 1 aliphatic carbocycles. The first-order chi connectivity index (χ1) is 13.7. The van der Waals surface area contributed by atoms with Gasteiger partial charge in [-0.2, -0.15) is 0 Å². The first kappa shape index (κ1) is 18.8. The number of carboxylic acid groups (broad SMARTS) is 1. The van der Waals surface area contributed by atoms with Crippen molar-refractivity contribution in [3.05, 3.63) is 58.6 Å². The molecule has 10 heteroatoms. The molecule has 0 amide bonds. The Morgan fingerprint density at radius 3 is 2.59 bits per heavy atom. The van der Waals surface area contributed by atoms with Crippen LogP contribution in [-0.4, -0.2) is 32.0 Å². The first-order valence-corrected chi connectivity index (χ1v) is 8.64. The van der Waals surface area contributed by atoms with Crippen LogP contribution in [0.5, 0.6) is 5.75 Å². The zero-order chi connectivity index (χ0) is 20.8. The van der Waals surface area contributed by atoms with Crippen molar-refractivity contribution in [3.63, 3.8) is 0 Å². The summed E-state index contributed by atoms with van der Waals surface area (Å²) < 4.78 is 43.2. The van der Waals surface area contributed by atoms with Crippen LogP contribution in [0.4, 0.5) is 13.2 Å². The van der Waals surface area contributed by atoms with Crippen LogP contribution in [0.2, 0.25) is 0 Å². The standard InChI is InChI=1S/C19H14F3N3O4/c20-19(21,22)29-13-3-1-2-11(8-13)17-24-15(10-6-7-23-14(26)9-10)16(18(27)28)25(17)12-4-5-12/h1-3,6-9,12H,4-5H2,(H,23,26)(H,27,28). The topological polar surface area (TPSA) is 97.2 Å². The number of aromatic carboxylic acids is 1. The van der Waals surface area contributed by atoms with Crippen LogP contribution in [0, 0.1) is 0 Å². The van der Waals surface area contributed by atoms with E-state index in [0.29, 0.717) is 5.56 Å². The summed E-state index contributed by atoms with van der Waals surface area (Å²) in [4.78, 5) is 30.5. The zero-order valence-electron chi connectivity index (χ0n) is 14.7. The minimum absolute atomic E-state index is 0.0765. The van der Waals surface area contributed by atoms with Gasteiger partial charge in [0.15, 0.2) is 5.69 Å². The highest BCUT2D eigenvalue weighted by atomic mass is 19.4. The summed E-state index contributed by atoms with van der Waals surface area (Å²) in [6.07, 6.45) is -2.04. The smallest absolute Gasteiger partial charge is 0.477 e. The molecule has 0 saturated heterocycles. The molecule has 0 atom stereocenters. The van der Waals surface area contributed by atoms with Crippen LogP contribution in [0.25, 0.3) is 22.6 Å². The van der Waals surface area contributed by atoms with E-state index in [1.165, 1.54) is 35.0 Å². The average molecular weight is 405 g/mol. The van der Waals surface area contributed by atoms with Gasteiger partial charge in [0.1, 0.15) is 17.3 Å². The van der Waals surface area contributed by atoms with Crippen molar-refractivity contribution >= 4 is 5.97 Å². The van der Waals surface area contributed by atoms with Gasteiger partial charge in [0.05, 0.1) is 0 Å². The number of carbonyl (C=O) groups is 1. The molecule has 150 valence electrons. The fourth-order valence-electron chi connectivity index (χ4n) is 3.15. The molecular formula is C19H14F3N3O4. The Bertz CT molecular complexity index is 1150. The van der Waals surface area contributed by atoms with Crippen molar-refractivity contribution in [2.24, 2.45) is 0 Å². The quantitative estimate of drug-likeness (QED) is 0.672. The third-order valence-electron chi connectivity index (χ3n) is 4.40. The molecular weight excluding hydrogens is 391 g/mol. The number of hydrogen-bond donors (Lipinski definition) is 2. The Hall–Kier alpha value is -3.56. The Balaban J connectivity index is 1.91. The second-order valence-electron chi connectivity index (χ2n) is 6.56. The zero-order valence-corrected chi connectivity index (χ0v) is 14.7. The molecule has 1 saturated carbocycles. The minimum Gasteiger partial charge on any atom is -0.477 e. The van der Waals surface area contributed by atoms with Crippen molar-refractivity contribution in [1.82, 2.24) is 14.5 Å². The molecule has 4 rings (SSSR count). The van der Waals surface area contributed by atoms with E-state index in [1.54, 1.807) is 0 Å². The lowest BCUT2D eigenvalue weighted by Crippen LogP contribution is -2.17. The number of benzene rings is 1. The number of imidazole rings is 1. The number of aromatic nitrogens is 3. The van der Waals surface area contributed by atoms with Gasteiger partial charge in [-0.3, -0.25) is 4.79 Å². The maximum absolute atomic E-state index is 12.6. The summed E-state index contributed by atoms with van der Waals surface area (Å²) in [5.41, 5.74) is 0.108. The number of rotatable bonds is 5. The number of carboxylic acids is 1. The van der Waals surface area contributed by atoms with E-state index in [-0.39, 0.29) is 28.8 Å². The van der Waals surface area contributed by atoms with E-state index in [4.69, 9.17) is 0 Å². The molecule has 1 aliphatic rings. The number of hydrogen-bond acceptors (Lipinski definition) is 4. The molecule has 29 heavy (non-hydrogen) atoms. The fourth-order valence-corrected chi connectivity index (χ4v) is 3.15. The largest absolute Gasteiger partial charge is 0.573 e. The molecule has 0 radical (unpaired) electrons. The van der Waals surface area contributed by atoms with E-state index >= 15 is 0 Å². The van der Waals surface area contributed by atoms with Crippen LogP contribution >= 0.6 is 0 Å². The number of aromatic amines is 1. The van der Waals surface area contributed by atoms with E-state index in [0.717, 1.165) is 25.0 Å². The SMILES string of the molecule is O=C(O)c1c(-c2cc[nH]c(=O)c2)nc(-c2cccc(OC(F)(F)F)c2)n1C1CC1. The van der Waals surface area contributed by atoms with Gasteiger partial charge in [-0.25, -0.2) is 9.78 Å². The van der Waals surface area contributed by atoms with Gasteiger partial charge in [0.2, 0.25) is 5.56 Å². The Morgan fingerprint density at radius 2 is 1.97 bits per heavy atom. The van der Waals surface area contributed by atoms with Crippen LogP contribution in [0.3, 0.4) is 0 Å². The molecule has 2 aromatic heterocycles. The second-order valence-corrected chi connectivity index (χ2v) is 6.56. The van der Waals surface area contributed by atoms with Crippen molar-refractivity contribution in [3.8, 4) is 28.4 Å². The molecule has 7 nitrogen and oxygen atoms in total. The molecule has 0 spiro atoms. The summed E-state index contributed by atoms with van der Waals surface area (Å²) >= 11 is 0. The maximum Gasteiger partial charge on any atom is 0.573 e. The molecule has 3 aromatic rings. The van der Waals surface area contributed by atoms with E-state index < -0.39 is 23.6 Å². The summed E-state index contributed by atoms with van der Waals surface area (Å²) in [5, 5.41) is 9.80. The molecule has 0 bridgehead atoms. The number of nitrogens with one attached hydrogen (secondary N) is 1. The lowest BCUT2D eigenvalue weighted by molar-refractivity contribution is -0.274. The van der Waals surface area contributed by atoms with E-state index in [1.807, 2.05) is 0 Å². The fraction of sp³-hybridized carbons (Fsp3) is 0.211. The van der Waals surface area contributed by atoms with Crippen molar-refractivity contribution in [1.29, 1.82) is 0 Å². The molecule has 1 aromatic carbocycles. The number of H-pyrrole nitrogens is 1. The number of ether oxygens (including phenoxy) is 1. The minimum atomic E-state index is -4.85. The molecule has 0 unspecified atom stereocenters. The normalized spacial score (nSPS) is 14.0. The van der Waals surface area contributed by atoms with Crippen molar-refractivity contribution < 1.29 is 27.8 Å². The monoisotopic (exact) mass is 405 g/mol. The summed E-state index contributed by atoms with van der Waals surface area (Å²) in [5.74, 6) is -1.48. The Kier molecular flexibility index (Phi) is 4.40. The predicted molar refractivity (Wildman–Crippen MR) is 95.6 cm³/mol. The van der Waals surface area contributed by atoms with Gasteiger partial charge in [-0.1, -0.05) is 12.1 Å². The Morgan fingerprint density at radius 1 is 1.21 bits per heavy atom. The second kappa shape index (κ2) is 6.80. The van der Waals surface area contributed by atoms with Crippen LogP contribution < -0.4 is 10.3 Å². The molecule has 0 aliphatic heterocycles. The van der Waals surface area contributed by atoms with Crippen molar-refractivity contribution in [2.45, 2.75) is 25.2 Å². The van der Waals surface area contributed by atoms with Gasteiger partial charge < -0.3 is 19.4 Å². The van der Waals surface area contributed by atoms with Crippen molar-refractivity contribution in [2.75, 3.05) is 0 Å². The molecule has 2 N–H and O–H groups in total. The Labute approximate surface area is 161 Å².